The van der Waals surface area contributed by atoms with Crippen LogP contribution < -0.4 is 11.3 Å². The Balaban J connectivity index is 2.50. The summed E-state index contributed by atoms with van der Waals surface area (Å²) in [4.78, 5) is 17.4. The van der Waals surface area contributed by atoms with Crippen LogP contribution in [0.15, 0.2) is 33.5 Å². The van der Waals surface area contributed by atoms with E-state index in [1.54, 1.807) is 19.9 Å². The van der Waals surface area contributed by atoms with E-state index in [-0.39, 0.29) is 23.4 Å². The quantitative estimate of drug-likeness (QED) is 0.667. The smallest absolute Gasteiger partial charge is 0.265 e. The summed E-state index contributed by atoms with van der Waals surface area (Å²) in [6.07, 6.45) is 0. The fraction of sp³-hybridized carbons (Fsp3) is 0.176. The van der Waals surface area contributed by atoms with Gasteiger partial charge in [-0.15, -0.1) is 0 Å². The molecule has 3 rings (SSSR count). The summed E-state index contributed by atoms with van der Waals surface area (Å²) in [5, 5.41) is 0.345. The molecule has 0 amide bonds. The minimum atomic E-state index is -0.736. The Labute approximate surface area is 155 Å². The highest BCUT2D eigenvalue weighted by atomic mass is 79.9. The normalized spacial score (nSPS) is 11.1. The average Bonchev–Trinajstić information content (AvgIpc) is 2.89. The summed E-state index contributed by atoms with van der Waals surface area (Å²) in [7, 11) is 0. The molecule has 0 unspecified atom stereocenters. The predicted molar refractivity (Wildman–Crippen MR) is 99.7 cm³/mol. The van der Waals surface area contributed by atoms with Crippen LogP contribution >= 0.6 is 27.3 Å². The molecule has 0 fully saturated rings. The van der Waals surface area contributed by atoms with Gasteiger partial charge in [0.05, 0.1) is 26.3 Å². The number of hydrogen-bond donors (Lipinski definition) is 1. The van der Waals surface area contributed by atoms with Crippen molar-refractivity contribution in [2.45, 2.75) is 20.4 Å². The van der Waals surface area contributed by atoms with Gasteiger partial charge in [0.15, 0.2) is 5.13 Å². The Morgan fingerprint density at radius 2 is 1.96 bits per heavy atom. The van der Waals surface area contributed by atoms with E-state index in [1.165, 1.54) is 34.1 Å². The Kier molecular flexibility index (Phi) is 4.75. The first-order chi connectivity index (χ1) is 11.8. The zero-order chi connectivity index (χ0) is 18.3. The van der Waals surface area contributed by atoms with Crippen LogP contribution in [-0.4, -0.2) is 9.55 Å². The van der Waals surface area contributed by atoms with Gasteiger partial charge in [0, 0.05) is 12.1 Å². The van der Waals surface area contributed by atoms with Gasteiger partial charge in [0.2, 0.25) is 0 Å². The highest BCUT2D eigenvalue weighted by Crippen LogP contribution is 2.40. The SMILES string of the molecule is CCn1c(-c2c(F)cccc2F)c(-c2sc(N)nc2C)cc(Br)c1=O. The maximum Gasteiger partial charge on any atom is 0.265 e. The maximum atomic E-state index is 14.5. The van der Waals surface area contributed by atoms with Crippen LogP contribution in [0.5, 0.6) is 0 Å². The molecule has 0 aliphatic heterocycles. The number of aromatic nitrogens is 2. The Morgan fingerprint density at radius 3 is 2.48 bits per heavy atom. The first-order valence-electron chi connectivity index (χ1n) is 7.46. The van der Waals surface area contributed by atoms with E-state index < -0.39 is 11.6 Å². The van der Waals surface area contributed by atoms with E-state index in [4.69, 9.17) is 5.73 Å². The number of benzene rings is 1. The van der Waals surface area contributed by atoms with Gasteiger partial charge in [0.1, 0.15) is 11.6 Å². The number of nitrogens with zero attached hydrogens (tertiary/aromatic N) is 2. The number of halogens is 3. The number of anilines is 1. The lowest BCUT2D eigenvalue weighted by atomic mass is 10.0. The van der Waals surface area contributed by atoms with E-state index >= 15 is 0 Å². The van der Waals surface area contributed by atoms with Crippen LogP contribution in [0.1, 0.15) is 12.6 Å². The summed E-state index contributed by atoms with van der Waals surface area (Å²) in [6.45, 7) is 3.76. The average molecular weight is 426 g/mol. The van der Waals surface area contributed by atoms with E-state index in [9.17, 15) is 13.6 Å². The fourth-order valence-corrected chi connectivity index (χ4v) is 4.06. The molecule has 4 nitrogen and oxygen atoms in total. The number of thiazole rings is 1. The molecule has 0 radical (unpaired) electrons. The Morgan fingerprint density at radius 1 is 1.32 bits per heavy atom. The van der Waals surface area contributed by atoms with Crippen molar-refractivity contribution in [1.82, 2.24) is 9.55 Å². The minimum absolute atomic E-state index is 0.179. The van der Waals surface area contributed by atoms with Gasteiger partial charge in [-0.2, -0.15) is 0 Å². The third kappa shape index (κ3) is 3.00. The van der Waals surface area contributed by atoms with Gasteiger partial charge < -0.3 is 10.3 Å². The van der Waals surface area contributed by atoms with Crippen molar-refractivity contribution >= 4 is 32.4 Å². The van der Waals surface area contributed by atoms with Crippen molar-refractivity contribution in [2.24, 2.45) is 0 Å². The first-order valence-corrected chi connectivity index (χ1v) is 9.07. The second kappa shape index (κ2) is 6.68. The van der Waals surface area contributed by atoms with E-state index in [0.717, 1.165) is 0 Å². The van der Waals surface area contributed by atoms with Crippen molar-refractivity contribution < 1.29 is 8.78 Å². The molecule has 3 aromatic rings. The van der Waals surface area contributed by atoms with Gasteiger partial charge in [0.25, 0.3) is 5.56 Å². The highest BCUT2D eigenvalue weighted by Gasteiger charge is 2.24. The summed E-state index contributed by atoms with van der Waals surface area (Å²) in [6, 6.07) is 5.19. The first kappa shape index (κ1) is 17.8. The van der Waals surface area contributed by atoms with Crippen LogP contribution in [0.4, 0.5) is 13.9 Å². The maximum absolute atomic E-state index is 14.5. The molecular formula is C17H14BrF2N3OS. The van der Waals surface area contributed by atoms with Crippen molar-refractivity contribution in [1.29, 1.82) is 0 Å². The third-order valence-corrected chi connectivity index (χ3v) is 5.41. The van der Waals surface area contributed by atoms with E-state index in [2.05, 4.69) is 20.9 Å². The van der Waals surface area contributed by atoms with Crippen LogP contribution in [-0.2, 0) is 6.54 Å². The van der Waals surface area contributed by atoms with Gasteiger partial charge in [-0.25, -0.2) is 13.8 Å². The molecule has 0 atom stereocenters. The topological polar surface area (TPSA) is 60.9 Å². The fourth-order valence-electron chi connectivity index (χ4n) is 2.77. The van der Waals surface area contributed by atoms with E-state index in [0.29, 0.717) is 25.7 Å². The lowest BCUT2D eigenvalue weighted by molar-refractivity contribution is 0.584. The van der Waals surface area contributed by atoms with Crippen molar-refractivity contribution in [3.63, 3.8) is 0 Å². The van der Waals surface area contributed by atoms with Crippen molar-refractivity contribution in [3.05, 3.63) is 56.4 Å². The van der Waals surface area contributed by atoms with Gasteiger partial charge >= 0.3 is 0 Å². The number of hydrogen-bond acceptors (Lipinski definition) is 4. The molecule has 2 N–H and O–H groups in total. The summed E-state index contributed by atoms with van der Waals surface area (Å²) in [5.74, 6) is -1.47. The lowest BCUT2D eigenvalue weighted by Crippen LogP contribution is -2.23. The molecule has 0 bridgehead atoms. The monoisotopic (exact) mass is 425 g/mol. The summed E-state index contributed by atoms with van der Waals surface area (Å²) < 4.78 is 30.6. The molecule has 1 aromatic carbocycles. The van der Waals surface area contributed by atoms with Gasteiger partial charge in [-0.3, -0.25) is 4.79 Å². The zero-order valence-corrected chi connectivity index (χ0v) is 15.8. The molecule has 0 saturated carbocycles. The minimum Gasteiger partial charge on any atom is -0.375 e. The molecule has 2 heterocycles. The van der Waals surface area contributed by atoms with Crippen LogP contribution in [0.2, 0.25) is 0 Å². The Hall–Kier alpha value is -2.06. The Bertz CT molecular complexity index is 1010. The van der Waals surface area contributed by atoms with Crippen LogP contribution in [0, 0.1) is 18.6 Å². The molecule has 25 heavy (non-hydrogen) atoms. The zero-order valence-electron chi connectivity index (χ0n) is 13.4. The number of rotatable bonds is 3. The molecule has 0 spiro atoms. The second-order valence-corrected chi connectivity index (χ2v) is 7.25. The van der Waals surface area contributed by atoms with Gasteiger partial charge in [-0.05, 0) is 48.0 Å². The molecule has 2 aromatic heterocycles. The molecule has 0 aliphatic rings. The molecule has 130 valence electrons. The highest BCUT2D eigenvalue weighted by molar-refractivity contribution is 9.10. The number of aryl methyl sites for hydroxylation is 1. The molecule has 8 heteroatoms. The largest absolute Gasteiger partial charge is 0.375 e. The summed E-state index contributed by atoms with van der Waals surface area (Å²) in [5.41, 5.74) is 6.50. The predicted octanol–water partition coefficient (Wildman–Crippen LogP) is 4.59. The lowest BCUT2D eigenvalue weighted by Gasteiger charge is -2.17. The number of nitrogen functional groups attached to an aromatic ring is 1. The molecule has 0 aliphatic carbocycles. The summed E-state index contributed by atoms with van der Waals surface area (Å²) >= 11 is 4.45. The van der Waals surface area contributed by atoms with Crippen molar-refractivity contribution in [3.8, 4) is 21.7 Å². The van der Waals surface area contributed by atoms with Gasteiger partial charge in [-0.1, -0.05) is 17.4 Å². The number of nitrogens with two attached hydrogens (primary N) is 1. The molecule has 0 saturated heterocycles. The molecular weight excluding hydrogens is 412 g/mol. The van der Waals surface area contributed by atoms with Crippen LogP contribution in [0.25, 0.3) is 21.7 Å². The van der Waals surface area contributed by atoms with E-state index in [1.807, 2.05) is 0 Å². The standard InChI is InChI=1S/C17H14BrF2N3OS/c1-3-23-14(13-11(19)5-4-6-12(13)20)9(7-10(18)16(23)24)15-8(2)22-17(21)25-15/h4-7H,3H2,1-2H3,(H2,21,22). The third-order valence-electron chi connectivity index (χ3n) is 3.82. The van der Waals surface area contributed by atoms with Crippen LogP contribution in [0.3, 0.4) is 0 Å². The number of pyridine rings is 1. The second-order valence-electron chi connectivity index (χ2n) is 5.37. The van der Waals surface area contributed by atoms with Crippen molar-refractivity contribution in [2.75, 3.05) is 5.73 Å².